The SMILES string of the molecule is O=C(O)[C@@H](CCCCCc1ccccc1)CC(=NO)c1ccc2c3c(oc2c1)CCCC3. The zero-order valence-corrected chi connectivity index (χ0v) is 18.4. The minimum atomic E-state index is -0.844. The van der Waals surface area contributed by atoms with Crippen LogP contribution >= 0.6 is 0 Å². The van der Waals surface area contributed by atoms with E-state index in [1.165, 1.54) is 17.5 Å². The Kier molecular flexibility index (Phi) is 7.25. The molecular weight excluding hydrogens is 402 g/mol. The number of nitrogens with zero attached hydrogens (tertiary/aromatic N) is 1. The van der Waals surface area contributed by atoms with E-state index in [4.69, 9.17) is 4.42 Å². The van der Waals surface area contributed by atoms with Crippen LogP contribution in [0.25, 0.3) is 11.0 Å². The lowest BCUT2D eigenvalue weighted by Crippen LogP contribution is -2.19. The number of benzene rings is 2. The first kappa shape index (κ1) is 22.1. The van der Waals surface area contributed by atoms with Crippen molar-refractivity contribution in [2.45, 2.75) is 64.2 Å². The standard InChI is InChI=1S/C27H31NO4/c29-27(30)21(12-6-2-5-11-19-9-3-1-4-10-19)17-24(28-31)20-15-16-23-22-13-7-8-14-25(22)32-26(23)18-20/h1,3-4,9-10,15-16,18,21,31H,2,5-8,11-14,17H2,(H,29,30)/t21-/m0/s1. The van der Waals surface area contributed by atoms with Crippen molar-refractivity contribution in [1.82, 2.24) is 0 Å². The molecule has 0 fully saturated rings. The van der Waals surface area contributed by atoms with Crippen LogP contribution in [0.5, 0.6) is 0 Å². The summed E-state index contributed by atoms with van der Waals surface area (Å²) in [6, 6.07) is 16.2. The summed E-state index contributed by atoms with van der Waals surface area (Å²) in [5, 5.41) is 24.0. The highest BCUT2D eigenvalue weighted by Crippen LogP contribution is 2.33. The molecule has 0 radical (unpaired) electrons. The summed E-state index contributed by atoms with van der Waals surface area (Å²) >= 11 is 0. The normalized spacial score (nSPS) is 14.9. The van der Waals surface area contributed by atoms with Crippen molar-refractivity contribution in [3.8, 4) is 0 Å². The van der Waals surface area contributed by atoms with Crippen LogP contribution in [-0.4, -0.2) is 22.0 Å². The lowest BCUT2D eigenvalue weighted by atomic mass is 9.91. The highest BCUT2D eigenvalue weighted by molar-refractivity contribution is 6.04. The fraction of sp³-hybridized carbons (Fsp3) is 0.407. The Labute approximate surface area is 188 Å². The quantitative estimate of drug-likeness (QED) is 0.168. The molecule has 3 aromatic rings. The third kappa shape index (κ3) is 5.21. The molecule has 0 bridgehead atoms. The molecule has 1 atom stereocenters. The van der Waals surface area contributed by atoms with Crippen LogP contribution in [-0.2, 0) is 24.1 Å². The fourth-order valence-corrected chi connectivity index (χ4v) is 4.75. The minimum Gasteiger partial charge on any atom is -0.481 e. The molecule has 5 nitrogen and oxygen atoms in total. The number of hydrogen-bond acceptors (Lipinski definition) is 4. The molecule has 0 saturated heterocycles. The number of fused-ring (bicyclic) bond motifs is 3. The first-order chi connectivity index (χ1) is 15.7. The molecule has 1 aromatic heterocycles. The Bertz CT molecular complexity index is 1080. The van der Waals surface area contributed by atoms with E-state index >= 15 is 0 Å². The van der Waals surface area contributed by atoms with Crippen LogP contribution in [0.1, 0.15) is 67.4 Å². The molecule has 32 heavy (non-hydrogen) atoms. The molecule has 1 heterocycles. The predicted octanol–water partition coefficient (Wildman–Crippen LogP) is 6.38. The molecule has 5 heteroatoms. The second kappa shape index (κ2) is 10.5. The van der Waals surface area contributed by atoms with Crippen LogP contribution in [0.15, 0.2) is 58.1 Å². The molecule has 2 N–H and O–H groups in total. The molecule has 0 aliphatic heterocycles. The van der Waals surface area contributed by atoms with Crippen molar-refractivity contribution in [2.75, 3.05) is 0 Å². The van der Waals surface area contributed by atoms with Crippen LogP contribution in [0, 0.1) is 5.92 Å². The fourth-order valence-electron chi connectivity index (χ4n) is 4.75. The highest BCUT2D eigenvalue weighted by atomic mass is 16.4. The number of oxime groups is 1. The smallest absolute Gasteiger partial charge is 0.306 e. The van der Waals surface area contributed by atoms with E-state index in [1.54, 1.807) is 0 Å². The van der Waals surface area contributed by atoms with Crippen molar-refractivity contribution in [3.63, 3.8) is 0 Å². The largest absolute Gasteiger partial charge is 0.481 e. The van der Waals surface area contributed by atoms with Crippen molar-refractivity contribution in [2.24, 2.45) is 11.1 Å². The lowest BCUT2D eigenvalue weighted by molar-refractivity contribution is -0.141. The van der Waals surface area contributed by atoms with Gasteiger partial charge >= 0.3 is 5.97 Å². The van der Waals surface area contributed by atoms with Gasteiger partial charge in [0.05, 0.1) is 11.6 Å². The summed E-state index contributed by atoms with van der Waals surface area (Å²) < 4.78 is 6.05. The molecule has 1 aliphatic carbocycles. The summed E-state index contributed by atoms with van der Waals surface area (Å²) in [7, 11) is 0. The first-order valence-corrected chi connectivity index (χ1v) is 11.7. The van der Waals surface area contributed by atoms with Gasteiger partial charge in [-0.25, -0.2) is 0 Å². The maximum Gasteiger partial charge on any atom is 0.306 e. The molecule has 0 amide bonds. The Morgan fingerprint density at radius 1 is 1.03 bits per heavy atom. The summed E-state index contributed by atoms with van der Waals surface area (Å²) in [6.07, 6.45) is 8.97. The Balaban J connectivity index is 1.36. The molecule has 0 saturated carbocycles. The zero-order chi connectivity index (χ0) is 22.3. The van der Waals surface area contributed by atoms with Gasteiger partial charge in [0.1, 0.15) is 11.3 Å². The number of aliphatic carboxylic acids is 1. The number of carboxylic acids is 1. The van der Waals surface area contributed by atoms with E-state index in [9.17, 15) is 15.1 Å². The Morgan fingerprint density at radius 2 is 1.84 bits per heavy atom. The lowest BCUT2D eigenvalue weighted by Gasteiger charge is -2.13. The zero-order valence-electron chi connectivity index (χ0n) is 18.4. The third-order valence-electron chi connectivity index (χ3n) is 6.56. The number of rotatable bonds is 10. The predicted molar refractivity (Wildman–Crippen MR) is 126 cm³/mol. The number of aryl methyl sites for hydroxylation is 3. The van der Waals surface area contributed by atoms with Gasteiger partial charge in [-0.05, 0) is 50.2 Å². The van der Waals surface area contributed by atoms with Gasteiger partial charge in [0.15, 0.2) is 0 Å². The number of unbranched alkanes of at least 4 members (excludes halogenated alkanes) is 2. The third-order valence-corrected chi connectivity index (χ3v) is 6.56. The van der Waals surface area contributed by atoms with Gasteiger partial charge in [0.2, 0.25) is 0 Å². The number of hydrogen-bond donors (Lipinski definition) is 2. The van der Waals surface area contributed by atoms with Gasteiger partial charge in [0.25, 0.3) is 0 Å². The number of carboxylic acid groups (broad SMARTS) is 1. The van der Waals surface area contributed by atoms with Gasteiger partial charge in [-0.3, -0.25) is 4.79 Å². The monoisotopic (exact) mass is 433 g/mol. The topological polar surface area (TPSA) is 83.0 Å². The van der Waals surface area contributed by atoms with E-state index in [0.29, 0.717) is 12.1 Å². The van der Waals surface area contributed by atoms with Gasteiger partial charge in [-0.15, -0.1) is 0 Å². The van der Waals surface area contributed by atoms with E-state index in [2.05, 4.69) is 17.3 Å². The molecule has 0 spiro atoms. The summed E-state index contributed by atoms with van der Waals surface area (Å²) in [5.41, 5.74) is 4.52. The second-order valence-corrected chi connectivity index (χ2v) is 8.79. The average molecular weight is 434 g/mol. The molecular formula is C27H31NO4. The van der Waals surface area contributed by atoms with Crippen LogP contribution in [0.4, 0.5) is 0 Å². The molecule has 0 unspecified atom stereocenters. The first-order valence-electron chi connectivity index (χ1n) is 11.7. The van der Waals surface area contributed by atoms with Gasteiger partial charge in [-0.2, -0.15) is 0 Å². The second-order valence-electron chi connectivity index (χ2n) is 8.79. The van der Waals surface area contributed by atoms with Crippen molar-refractivity contribution in [1.29, 1.82) is 0 Å². The van der Waals surface area contributed by atoms with Gasteiger partial charge in [0, 0.05) is 29.4 Å². The molecule has 1 aliphatic rings. The maximum atomic E-state index is 11.9. The van der Waals surface area contributed by atoms with Crippen molar-refractivity contribution in [3.05, 3.63) is 71.0 Å². The van der Waals surface area contributed by atoms with Gasteiger partial charge in [-0.1, -0.05) is 60.5 Å². The van der Waals surface area contributed by atoms with Crippen LogP contribution in [0.2, 0.25) is 0 Å². The average Bonchev–Trinajstić information content (AvgIpc) is 3.19. The molecule has 2 aromatic carbocycles. The van der Waals surface area contributed by atoms with Crippen LogP contribution < -0.4 is 0 Å². The summed E-state index contributed by atoms with van der Waals surface area (Å²) in [5.74, 6) is -0.355. The Hall–Kier alpha value is -3.08. The van der Waals surface area contributed by atoms with E-state index in [-0.39, 0.29) is 6.42 Å². The molecule has 168 valence electrons. The van der Waals surface area contributed by atoms with Gasteiger partial charge < -0.3 is 14.7 Å². The number of carbonyl (C=O) groups is 1. The highest BCUT2D eigenvalue weighted by Gasteiger charge is 2.23. The van der Waals surface area contributed by atoms with E-state index < -0.39 is 11.9 Å². The minimum absolute atomic E-state index is 0.205. The van der Waals surface area contributed by atoms with E-state index in [0.717, 1.165) is 67.2 Å². The number of furan rings is 1. The Morgan fingerprint density at radius 3 is 2.62 bits per heavy atom. The summed E-state index contributed by atoms with van der Waals surface area (Å²) in [4.78, 5) is 11.9. The van der Waals surface area contributed by atoms with Crippen molar-refractivity contribution < 1.29 is 19.5 Å². The van der Waals surface area contributed by atoms with Crippen LogP contribution in [0.3, 0.4) is 0 Å². The maximum absolute atomic E-state index is 11.9. The summed E-state index contributed by atoms with van der Waals surface area (Å²) in [6.45, 7) is 0. The van der Waals surface area contributed by atoms with Crippen molar-refractivity contribution >= 4 is 22.7 Å². The molecule has 4 rings (SSSR count). The van der Waals surface area contributed by atoms with E-state index in [1.807, 2.05) is 36.4 Å².